The molecule has 0 aliphatic heterocycles. The van der Waals surface area contributed by atoms with Crippen LogP contribution in [0.15, 0.2) is 36.5 Å². The highest BCUT2D eigenvalue weighted by Crippen LogP contribution is 2.51. The lowest BCUT2D eigenvalue weighted by Gasteiger charge is -2.18. The molecule has 28 heavy (non-hydrogen) atoms. The molecule has 1 fully saturated rings. The van der Waals surface area contributed by atoms with Crippen molar-refractivity contribution < 1.29 is 23.4 Å². The van der Waals surface area contributed by atoms with Crippen LogP contribution in [0.2, 0.25) is 0 Å². The Morgan fingerprint density at radius 1 is 1.07 bits per heavy atom. The zero-order valence-corrected chi connectivity index (χ0v) is 15.9. The van der Waals surface area contributed by atoms with Gasteiger partial charge in [0.2, 0.25) is 11.7 Å². The Bertz CT molecular complexity index is 1030. The lowest BCUT2D eigenvalue weighted by molar-refractivity contribution is -0.118. The van der Waals surface area contributed by atoms with Crippen molar-refractivity contribution in [1.82, 2.24) is 4.98 Å². The van der Waals surface area contributed by atoms with Gasteiger partial charge < -0.3 is 24.5 Å². The van der Waals surface area contributed by atoms with Crippen molar-refractivity contribution in [3.63, 3.8) is 0 Å². The molecule has 1 saturated carbocycles. The number of nitrogens with one attached hydrogen (secondary N) is 2. The van der Waals surface area contributed by atoms with Gasteiger partial charge in [-0.1, -0.05) is 0 Å². The number of H-pyrrole nitrogens is 1. The molecule has 0 atom stereocenters. The minimum Gasteiger partial charge on any atom is -0.493 e. The highest BCUT2D eigenvalue weighted by atomic mass is 19.1. The number of carbonyl (C=O) groups is 1. The van der Waals surface area contributed by atoms with Gasteiger partial charge in [-0.25, -0.2) is 4.39 Å². The van der Waals surface area contributed by atoms with Gasteiger partial charge in [0.1, 0.15) is 5.82 Å². The van der Waals surface area contributed by atoms with E-state index in [1.54, 1.807) is 24.4 Å². The van der Waals surface area contributed by atoms with Crippen LogP contribution in [-0.2, 0) is 10.2 Å². The van der Waals surface area contributed by atoms with Crippen LogP contribution in [0.4, 0.5) is 10.1 Å². The summed E-state index contributed by atoms with van der Waals surface area (Å²) in [6.45, 7) is 0. The molecule has 7 heteroatoms. The molecule has 0 bridgehead atoms. The Morgan fingerprint density at radius 2 is 1.75 bits per heavy atom. The highest BCUT2D eigenvalue weighted by molar-refractivity contribution is 6.04. The fraction of sp³-hybridized carbons (Fsp3) is 0.286. The van der Waals surface area contributed by atoms with Crippen LogP contribution in [0, 0.1) is 5.82 Å². The summed E-state index contributed by atoms with van der Waals surface area (Å²) in [5.41, 5.74) is 1.49. The number of benzene rings is 2. The average Bonchev–Trinajstić information content (AvgIpc) is 3.41. The van der Waals surface area contributed by atoms with E-state index < -0.39 is 5.41 Å². The number of halogens is 1. The molecule has 0 unspecified atom stereocenters. The lowest BCUT2D eigenvalue weighted by atomic mass is 9.94. The molecular weight excluding hydrogens is 363 g/mol. The summed E-state index contributed by atoms with van der Waals surface area (Å²) in [5.74, 6) is 0.955. The quantitative estimate of drug-likeness (QED) is 0.674. The largest absolute Gasteiger partial charge is 0.493 e. The number of fused-ring (bicyclic) bond motifs is 1. The number of hydrogen-bond acceptors (Lipinski definition) is 4. The second-order valence-corrected chi connectivity index (χ2v) is 6.84. The Labute approximate surface area is 161 Å². The number of anilines is 1. The van der Waals surface area contributed by atoms with Crippen LogP contribution in [0.25, 0.3) is 10.9 Å². The number of hydrogen-bond donors (Lipinski definition) is 2. The van der Waals surface area contributed by atoms with Gasteiger partial charge in [-0.05, 0) is 36.6 Å². The fourth-order valence-corrected chi connectivity index (χ4v) is 3.64. The zero-order valence-electron chi connectivity index (χ0n) is 15.9. The first kappa shape index (κ1) is 18.2. The predicted octanol–water partition coefficient (Wildman–Crippen LogP) is 4.00. The average molecular weight is 384 g/mol. The molecule has 1 aliphatic carbocycles. The maximum Gasteiger partial charge on any atom is 0.235 e. The molecule has 1 amide bonds. The lowest BCUT2D eigenvalue weighted by Crippen LogP contribution is -2.27. The molecule has 0 spiro atoms. The first-order valence-corrected chi connectivity index (χ1v) is 8.91. The number of ether oxygens (including phenoxy) is 3. The smallest absolute Gasteiger partial charge is 0.235 e. The molecule has 146 valence electrons. The number of rotatable bonds is 6. The van der Waals surface area contributed by atoms with Crippen LogP contribution in [0.5, 0.6) is 17.2 Å². The van der Waals surface area contributed by atoms with E-state index in [-0.39, 0.29) is 11.7 Å². The van der Waals surface area contributed by atoms with Crippen molar-refractivity contribution in [1.29, 1.82) is 0 Å². The van der Waals surface area contributed by atoms with Gasteiger partial charge in [-0.15, -0.1) is 0 Å². The van der Waals surface area contributed by atoms with Crippen LogP contribution in [-0.4, -0.2) is 32.2 Å². The number of amides is 1. The van der Waals surface area contributed by atoms with Crippen molar-refractivity contribution in [2.45, 2.75) is 18.3 Å². The minimum atomic E-state index is -0.628. The SMILES string of the molecule is COc1cc(NC(=O)C2(c3c[nH]c4cc(F)ccc34)CC2)cc(OC)c1OC. The Balaban J connectivity index is 1.66. The summed E-state index contributed by atoms with van der Waals surface area (Å²) < 4.78 is 29.5. The van der Waals surface area contributed by atoms with E-state index >= 15 is 0 Å². The van der Waals surface area contributed by atoms with Gasteiger partial charge >= 0.3 is 0 Å². The van der Waals surface area contributed by atoms with Crippen molar-refractivity contribution in [2.24, 2.45) is 0 Å². The predicted molar refractivity (Wildman–Crippen MR) is 104 cm³/mol. The van der Waals surface area contributed by atoms with Crippen LogP contribution < -0.4 is 19.5 Å². The van der Waals surface area contributed by atoms with Crippen molar-refractivity contribution in [3.05, 3.63) is 47.9 Å². The topological polar surface area (TPSA) is 72.6 Å². The molecule has 2 aromatic carbocycles. The van der Waals surface area contributed by atoms with E-state index in [1.807, 2.05) is 0 Å². The molecule has 4 rings (SSSR count). The second-order valence-electron chi connectivity index (χ2n) is 6.84. The van der Waals surface area contributed by atoms with Gasteiger partial charge in [-0.3, -0.25) is 4.79 Å². The molecule has 1 aliphatic rings. The Kier molecular flexibility index (Phi) is 4.37. The van der Waals surface area contributed by atoms with Crippen molar-refractivity contribution in [3.8, 4) is 17.2 Å². The number of carbonyl (C=O) groups excluding carboxylic acids is 1. The van der Waals surface area contributed by atoms with Gasteiger partial charge in [0.05, 0.1) is 26.7 Å². The molecule has 0 radical (unpaired) electrons. The van der Waals surface area contributed by atoms with E-state index in [9.17, 15) is 9.18 Å². The maximum absolute atomic E-state index is 13.5. The minimum absolute atomic E-state index is 0.119. The van der Waals surface area contributed by atoms with Crippen molar-refractivity contribution >= 4 is 22.5 Å². The van der Waals surface area contributed by atoms with E-state index in [2.05, 4.69) is 10.3 Å². The van der Waals surface area contributed by atoms with Crippen LogP contribution >= 0.6 is 0 Å². The van der Waals surface area contributed by atoms with Crippen molar-refractivity contribution in [2.75, 3.05) is 26.6 Å². The summed E-state index contributed by atoms with van der Waals surface area (Å²) >= 11 is 0. The maximum atomic E-state index is 13.5. The third kappa shape index (κ3) is 2.83. The summed E-state index contributed by atoms with van der Waals surface area (Å²) in [6.07, 6.45) is 3.26. The first-order valence-electron chi connectivity index (χ1n) is 8.91. The zero-order chi connectivity index (χ0) is 19.9. The van der Waals surface area contributed by atoms with Gasteiger partial charge in [0.15, 0.2) is 11.5 Å². The Morgan fingerprint density at radius 3 is 2.32 bits per heavy atom. The van der Waals surface area contributed by atoms with E-state index in [4.69, 9.17) is 14.2 Å². The summed E-state index contributed by atoms with van der Waals surface area (Å²) in [5, 5.41) is 3.83. The standard InChI is InChI=1S/C21H21FN2O4/c1-26-17-9-13(10-18(27-2)19(17)28-3)24-20(25)21(6-7-21)15-11-23-16-8-12(22)4-5-14(15)16/h4-5,8-11,23H,6-7H2,1-3H3,(H,24,25). The normalized spacial score (nSPS) is 14.6. The third-order valence-electron chi connectivity index (χ3n) is 5.27. The molecule has 3 aromatic rings. The van der Waals surface area contributed by atoms with Gasteiger partial charge in [-0.2, -0.15) is 0 Å². The highest BCUT2D eigenvalue weighted by Gasteiger charge is 2.52. The van der Waals surface area contributed by atoms with Crippen LogP contribution in [0.3, 0.4) is 0 Å². The summed E-state index contributed by atoms with van der Waals surface area (Å²) in [7, 11) is 4.57. The number of aromatic amines is 1. The third-order valence-corrected chi connectivity index (χ3v) is 5.27. The van der Waals surface area contributed by atoms with E-state index in [0.29, 0.717) is 28.5 Å². The molecule has 1 aromatic heterocycles. The monoisotopic (exact) mass is 384 g/mol. The van der Waals surface area contributed by atoms with Gasteiger partial charge in [0, 0.05) is 34.9 Å². The number of methoxy groups -OCH3 is 3. The summed E-state index contributed by atoms with van der Waals surface area (Å²) in [4.78, 5) is 16.2. The number of aromatic nitrogens is 1. The molecule has 2 N–H and O–H groups in total. The van der Waals surface area contributed by atoms with Crippen LogP contribution in [0.1, 0.15) is 18.4 Å². The fourth-order valence-electron chi connectivity index (χ4n) is 3.64. The molecular formula is C21H21FN2O4. The van der Waals surface area contributed by atoms with Gasteiger partial charge in [0.25, 0.3) is 0 Å². The molecule has 6 nitrogen and oxygen atoms in total. The van der Waals surface area contributed by atoms with E-state index in [1.165, 1.54) is 33.5 Å². The second kappa shape index (κ2) is 6.74. The Hall–Kier alpha value is -3.22. The first-order chi connectivity index (χ1) is 13.5. The molecule has 0 saturated heterocycles. The van der Waals surface area contributed by atoms with E-state index in [0.717, 1.165) is 23.8 Å². The summed E-state index contributed by atoms with van der Waals surface area (Å²) in [6, 6.07) is 7.95. The molecule has 1 heterocycles.